The van der Waals surface area contributed by atoms with Crippen LogP contribution in [0.25, 0.3) is 0 Å². The van der Waals surface area contributed by atoms with Crippen molar-refractivity contribution < 1.29 is 4.39 Å². The van der Waals surface area contributed by atoms with Gasteiger partial charge < -0.3 is 10.6 Å². The first-order valence-corrected chi connectivity index (χ1v) is 9.31. The van der Waals surface area contributed by atoms with E-state index in [1.165, 1.54) is 12.1 Å². The zero-order valence-electron chi connectivity index (χ0n) is 14.7. The first-order valence-electron chi connectivity index (χ1n) is 8.15. The van der Waals surface area contributed by atoms with Crippen LogP contribution in [0.15, 0.2) is 42.5 Å². The van der Waals surface area contributed by atoms with E-state index in [-0.39, 0.29) is 5.82 Å². The number of thiocarbonyl (C=S) groups is 1. The minimum atomic E-state index is -0.258. The van der Waals surface area contributed by atoms with Crippen LogP contribution in [-0.4, -0.2) is 14.9 Å². The Morgan fingerprint density at radius 1 is 1.11 bits per heavy atom. The molecule has 3 aromatic rings. The summed E-state index contributed by atoms with van der Waals surface area (Å²) >= 11 is 17.5. The molecule has 27 heavy (non-hydrogen) atoms. The van der Waals surface area contributed by atoms with Gasteiger partial charge in [0, 0.05) is 5.02 Å². The van der Waals surface area contributed by atoms with Gasteiger partial charge in [-0.25, -0.2) is 4.39 Å². The van der Waals surface area contributed by atoms with Crippen LogP contribution in [0.4, 0.5) is 15.8 Å². The molecule has 4 nitrogen and oxygen atoms in total. The number of rotatable bonds is 4. The molecule has 2 aromatic carbocycles. The number of aryl methyl sites for hydroxylation is 1. The van der Waals surface area contributed by atoms with Gasteiger partial charge in [0.2, 0.25) is 0 Å². The molecule has 0 aliphatic rings. The van der Waals surface area contributed by atoms with Crippen molar-refractivity contribution in [3.63, 3.8) is 0 Å². The van der Waals surface area contributed by atoms with E-state index >= 15 is 0 Å². The van der Waals surface area contributed by atoms with E-state index in [0.717, 1.165) is 22.6 Å². The third-order valence-electron chi connectivity index (χ3n) is 4.04. The summed E-state index contributed by atoms with van der Waals surface area (Å²) in [5.41, 5.74) is 4.17. The second-order valence-electron chi connectivity index (χ2n) is 6.03. The molecule has 0 aliphatic carbocycles. The van der Waals surface area contributed by atoms with Crippen LogP contribution in [0.3, 0.4) is 0 Å². The van der Waals surface area contributed by atoms with Gasteiger partial charge in [-0.1, -0.05) is 35.3 Å². The van der Waals surface area contributed by atoms with E-state index in [9.17, 15) is 4.39 Å². The maximum atomic E-state index is 13.1. The van der Waals surface area contributed by atoms with E-state index in [2.05, 4.69) is 15.7 Å². The number of hydrogen-bond donors (Lipinski definition) is 2. The summed E-state index contributed by atoms with van der Waals surface area (Å²) in [6, 6.07) is 11.5. The average Bonchev–Trinajstić information content (AvgIpc) is 2.87. The third-order valence-corrected chi connectivity index (χ3v) is 4.80. The second-order valence-corrected chi connectivity index (χ2v) is 7.29. The highest BCUT2D eigenvalue weighted by molar-refractivity contribution is 7.80. The Morgan fingerprint density at radius 2 is 1.81 bits per heavy atom. The number of nitrogens with one attached hydrogen (secondary N) is 2. The fourth-order valence-electron chi connectivity index (χ4n) is 2.65. The maximum absolute atomic E-state index is 13.1. The van der Waals surface area contributed by atoms with Crippen molar-refractivity contribution in [2.75, 3.05) is 10.6 Å². The molecule has 0 atom stereocenters. The summed E-state index contributed by atoms with van der Waals surface area (Å²) < 4.78 is 14.9. The number of hydrogen-bond acceptors (Lipinski definition) is 2. The van der Waals surface area contributed by atoms with Gasteiger partial charge in [-0.05, 0) is 62.0 Å². The van der Waals surface area contributed by atoms with Gasteiger partial charge >= 0.3 is 0 Å². The lowest BCUT2D eigenvalue weighted by molar-refractivity contribution is 0.622. The van der Waals surface area contributed by atoms with Crippen molar-refractivity contribution in [2.24, 2.45) is 0 Å². The number of nitrogens with zero attached hydrogens (tertiary/aromatic N) is 2. The molecular weight excluding hydrogens is 406 g/mol. The van der Waals surface area contributed by atoms with Crippen molar-refractivity contribution in [1.29, 1.82) is 0 Å². The van der Waals surface area contributed by atoms with Crippen LogP contribution in [-0.2, 0) is 6.54 Å². The molecular formula is C19H17Cl2FN4S. The highest BCUT2D eigenvalue weighted by Gasteiger charge is 2.14. The maximum Gasteiger partial charge on any atom is 0.175 e. The number of halogens is 3. The fraction of sp³-hybridized carbons (Fsp3) is 0.158. The summed E-state index contributed by atoms with van der Waals surface area (Å²) in [7, 11) is 0. The Labute approximate surface area is 172 Å². The van der Waals surface area contributed by atoms with Crippen molar-refractivity contribution in [1.82, 2.24) is 9.78 Å². The minimum Gasteiger partial charge on any atom is -0.331 e. The SMILES string of the molecule is Cc1nn(Cc2ccc(F)cc2)c(C)c1NC(=S)Nc1ccc(Cl)cc1Cl. The Balaban J connectivity index is 1.74. The quantitative estimate of drug-likeness (QED) is 0.521. The molecule has 0 saturated carbocycles. The summed E-state index contributed by atoms with van der Waals surface area (Å²) in [6.07, 6.45) is 0. The van der Waals surface area contributed by atoms with Gasteiger partial charge in [0.15, 0.2) is 5.11 Å². The highest BCUT2D eigenvalue weighted by atomic mass is 35.5. The number of aromatic nitrogens is 2. The van der Waals surface area contributed by atoms with Gasteiger partial charge in [0.05, 0.1) is 34.3 Å². The van der Waals surface area contributed by atoms with Crippen LogP contribution >= 0.6 is 35.4 Å². The fourth-order valence-corrected chi connectivity index (χ4v) is 3.32. The van der Waals surface area contributed by atoms with Crippen LogP contribution in [0.2, 0.25) is 10.0 Å². The minimum absolute atomic E-state index is 0.258. The number of anilines is 2. The summed E-state index contributed by atoms with van der Waals surface area (Å²) in [6.45, 7) is 4.38. The lowest BCUT2D eigenvalue weighted by Crippen LogP contribution is -2.20. The first-order chi connectivity index (χ1) is 12.8. The largest absolute Gasteiger partial charge is 0.331 e. The molecule has 140 valence electrons. The predicted molar refractivity (Wildman–Crippen MR) is 114 cm³/mol. The molecule has 2 N–H and O–H groups in total. The van der Waals surface area contributed by atoms with Gasteiger partial charge in [-0.3, -0.25) is 4.68 Å². The smallest absolute Gasteiger partial charge is 0.175 e. The summed E-state index contributed by atoms with van der Waals surface area (Å²) in [5, 5.41) is 12.2. The molecule has 0 bridgehead atoms. The molecule has 3 rings (SSSR count). The average molecular weight is 423 g/mol. The van der Waals surface area contributed by atoms with Gasteiger partial charge in [0.25, 0.3) is 0 Å². The Bertz CT molecular complexity index is 986. The van der Waals surface area contributed by atoms with Crippen LogP contribution in [0.1, 0.15) is 17.0 Å². The molecule has 1 heterocycles. The van der Waals surface area contributed by atoms with Crippen molar-refractivity contribution in [3.8, 4) is 0 Å². The Kier molecular flexibility index (Phi) is 5.99. The summed E-state index contributed by atoms with van der Waals surface area (Å²) in [5.74, 6) is -0.258. The monoisotopic (exact) mass is 422 g/mol. The molecule has 0 amide bonds. The predicted octanol–water partition coefficient (Wildman–Crippen LogP) is 5.80. The molecule has 0 saturated heterocycles. The molecule has 1 aromatic heterocycles. The standard InChI is InChI=1S/C19H17Cl2FN4S/c1-11-18(24-19(27)23-17-8-5-14(20)9-16(17)21)12(2)26(25-11)10-13-3-6-15(22)7-4-13/h3-9H,10H2,1-2H3,(H2,23,24,27). The second kappa shape index (κ2) is 8.25. The first kappa shape index (κ1) is 19.6. The molecule has 8 heteroatoms. The molecule has 0 aliphatic heterocycles. The topological polar surface area (TPSA) is 41.9 Å². The van der Waals surface area contributed by atoms with E-state index in [1.807, 2.05) is 18.5 Å². The van der Waals surface area contributed by atoms with Crippen LogP contribution < -0.4 is 10.6 Å². The van der Waals surface area contributed by atoms with Crippen LogP contribution in [0, 0.1) is 19.7 Å². The van der Waals surface area contributed by atoms with Gasteiger partial charge in [-0.2, -0.15) is 5.10 Å². The molecule has 0 unspecified atom stereocenters. The lowest BCUT2D eigenvalue weighted by Gasteiger charge is -2.12. The van der Waals surface area contributed by atoms with E-state index < -0.39 is 0 Å². The number of benzene rings is 2. The Morgan fingerprint density at radius 3 is 2.48 bits per heavy atom. The highest BCUT2D eigenvalue weighted by Crippen LogP contribution is 2.26. The Hall–Kier alpha value is -2.15. The van der Waals surface area contributed by atoms with Crippen molar-refractivity contribution in [3.05, 3.63) is 75.3 Å². The van der Waals surface area contributed by atoms with Gasteiger partial charge in [-0.15, -0.1) is 0 Å². The van der Waals surface area contributed by atoms with E-state index in [4.69, 9.17) is 35.4 Å². The third kappa shape index (κ3) is 4.77. The van der Waals surface area contributed by atoms with Crippen molar-refractivity contribution in [2.45, 2.75) is 20.4 Å². The molecule has 0 spiro atoms. The lowest BCUT2D eigenvalue weighted by atomic mass is 10.2. The van der Waals surface area contributed by atoms with E-state index in [1.54, 1.807) is 30.3 Å². The molecule has 0 radical (unpaired) electrons. The van der Waals surface area contributed by atoms with Crippen molar-refractivity contribution >= 4 is 51.9 Å². The summed E-state index contributed by atoms with van der Waals surface area (Å²) in [4.78, 5) is 0. The van der Waals surface area contributed by atoms with Crippen LogP contribution in [0.5, 0.6) is 0 Å². The zero-order chi connectivity index (χ0) is 19.6. The van der Waals surface area contributed by atoms with Gasteiger partial charge in [0.1, 0.15) is 5.82 Å². The molecule has 0 fully saturated rings. The zero-order valence-corrected chi connectivity index (χ0v) is 17.0. The van der Waals surface area contributed by atoms with E-state index in [0.29, 0.717) is 27.4 Å². The normalized spacial score (nSPS) is 10.7.